The number of fused-ring (bicyclic) bond motifs is 1. The monoisotopic (exact) mass is 265 g/mol. The number of ether oxygens (including phenoxy) is 1. The van der Waals surface area contributed by atoms with E-state index in [1.807, 2.05) is 0 Å². The number of rotatable bonds is 0. The van der Waals surface area contributed by atoms with Crippen LogP contribution in [0.2, 0.25) is 0 Å². The maximum absolute atomic E-state index is 12.1. The number of nitrogens with zero attached hydrogens (tertiary/aromatic N) is 1. The van der Waals surface area contributed by atoms with Crippen molar-refractivity contribution in [2.24, 2.45) is 0 Å². The van der Waals surface area contributed by atoms with Gasteiger partial charge in [0, 0.05) is 13.0 Å². The Morgan fingerprint density at radius 2 is 1.84 bits per heavy atom. The van der Waals surface area contributed by atoms with Crippen molar-refractivity contribution in [1.29, 1.82) is 0 Å². The van der Waals surface area contributed by atoms with Gasteiger partial charge in [0.1, 0.15) is 6.04 Å². The van der Waals surface area contributed by atoms with Crippen LogP contribution in [0.15, 0.2) is 12.2 Å². The first kappa shape index (κ1) is 14.1. The molecule has 106 valence electrons. The average molecular weight is 265 g/mol. The van der Waals surface area contributed by atoms with Gasteiger partial charge in [0.15, 0.2) is 0 Å². The maximum Gasteiger partial charge on any atom is 0.328 e. The fraction of sp³-hybridized carbons (Fsp3) is 0.733. The van der Waals surface area contributed by atoms with Gasteiger partial charge in [0.2, 0.25) is 5.91 Å². The molecular formula is C15H23NO3. The molecule has 0 aromatic carbocycles. The number of amides is 1. The zero-order chi connectivity index (χ0) is 13.5. The van der Waals surface area contributed by atoms with Gasteiger partial charge in [-0.05, 0) is 44.9 Å². The van der Waals surface area contributed by atoms with Crippen molar-refractivity contribution in [3.8, 4) is 0 Å². The van der Waals surface area contributed by atoms with Crippen molar-refractivity contribution in [3.63, 3.8) is 0 Å². The van der Waals surface area contributed by atoms with E-state index < -0.39 is 0 Å². The third-order valence-electron chi connectivity index (χ3n) is 3.78. The van der Waals surface area contributed by atoms with Gasteiger partial charge in [-0.2, -0.15) is 0 Å². The topological polar surface area (TPSA) is 46.6 Å². The standard InChI is InChI=1S/C15H23NO3/c17-14-10-6-4-2-1-3-5-7-12-19-15(18)13-9-8-11-16(13)14/h1,3,13H,2,4-12H2. The Kier molecular flexibility index (Phi) is 5.43. The number of carbonyl (C=O) groups excluding carboxylic acids is 2. The summed E-state index contributed by atoms with van der Waals surface area (Å²) in [6.07, 6.45) is 11.3. The molecule has 2 aliphatic rings. The Bertz CT molecular complexity index is 319. The van der Waals surface area contributed by atoms with Gasteiger partial charge >= 0.3 is 5.97 Å². The van der Waals surface area contributed by atoms with Gasteiger partial charge in [-0.25, -0.2) is 4.79 Å². The molecule has 0 spiro atoms. The van der Waals surface area contributed by atoms with Gasteiger partial charge in [-0.1, -0.05) is 12.2 Å². The molecule has 1 fully saturated rings. The second kappa shape index (κ2) is 7.31. The molecule has 2 rings (SSSR count). The van der Waals surface area contributed by atoms with Crippen molar-refractivity contribution in [2.45, 2.75) is 57.4 Å². The van der Waals surface area contributed by atoms with Crippen LogP contribution in [0, 0.1) is 0 Å². The Labute approximate surface area is 114 Å². The summed E-state index contributed by atoms with van der Waals surface area (Å²) >= 11 is 0. The molecule has 0 radical (unpaired) electrons. The van der Waals surface area contributed by atoms with Crippen LogP contribution >= 0.6 is 0 Å². The van der Waals surface area contributed by atoms with E-state index in [1.165, 1.54) is 0 Å². The van der Waals surface area contributed by atoms with Crippen LogP contribution in [0.25, 0.3) is 0 Å². The zero-order valence-corrected chi connectivity index (χ0v) is 11.5. The highest BCUT2D eigenvalue weighted by Crippen LogP contribution is 2.20. The molecule has 2 aliphatic heterocycles. The summed E-state index contributed by atoms with van der Waals surface area (Å²) in [5.74, 6) is -0.104. The van der Waals surface area contributed by atoms with Crippen molar-refractivity contribution in [3.05, 3.63) is 12.2 Å². The number of cyclic esters (lactones) is 1. The zero-order valence-electron chi connectivity index (χ0n) is 11.5. The Balaban J connectivity index is 1.97. The van der Waals surface area contributed by atoms with Gasteiger partial charge in [-0.15, -0.1) is 0 Å². The van der Waals surface area contributed by atoms with Gasteiger partial charge < -0.3 is 9.64 Å². The molecule has 0 aromatic rings. The normalized spacial score (nSPS) is 26.7. The second-order valence-corrected chi connectivity index (χ2v) is 5.27. The molecule has 0 N–H and O–H groups in total. The molecule has 2 heterocycles. The smallest absolute Gasteiger partial charge is 0.328 e. The Hall–Kier alpha value is -1.32. The minimum absolute atomic E-state index is 0.112. The van der Waals surface area contributed by atoms with E-state index in [2.05, 4.69) is 12.2 Å². The highest BCUT2D eigenvalue weighted by molar-refractivity contribution is 5.85. The summed E-state index contributed by atoms with van der Waals surface area (Å²) in [5.41, 5.74) is 0. The molecule has 19 heavy (non-hydrogen) atoms. The highest BCUT2D eigenvalue weighted by Gasteiger charge is 2.34. The lowest BCUT2D eigenvalue weighted by Gasteiger charge is -2.23. The third-order valence-corrected chi connectivity index (χ3v) is 3.78. The molecule has 0 aromatic heterocycles. The predicted molar refractivity (Wildman–Crippen MR) is 72.5 cm³/mol. The predicted octanol–water partition coefficient (Wildman–Crippen LogP) is 2.43. The molecule has 4 nitrogen and oxygen atoms in total. The summed E-state index contributed by atoms with van der Waals surface area (Å²) in [5, 5.41) is 0. The van der Waals surface area contributed by atoms with Crippen LogP contribution in [0.4, 0.5) is 0 Å². The van der Waals surface area contributed by atoms with E-state index in [4.69, 9.17) is 4.74 Å². The molecule has 1 amide bonds. The Morgan fingerprint density at radius 1 is 1.05 bits per heavy atom. The van der Waals surface area contributed by atoms with E-state index in [9.17, 15) is 9.59 Å². The maximum atomic E-state index is 12.1. The number of hydrogen-bond acceptors (Lipinski definition) is 3. The van der Waals surface area contributed by atoms with E-state index in [-0.39, 0.29) is 17.9 Å². The number of carbonyl (C=O) groups is 2. The first-order chi connectivity index (χ1) is 9.29. The van der Waals surface area contributed by atoms with Crippen LogP contribution in [-0.2, 0) is 14.3 Å². The van der Waals surface area contributed by atoms with E-state index in [1.54, 1.807) is 4.90 Å². The van der Waals surface area contributed by atoms with Crippen LogP contribution in [-0.4, -0.2) is 36.0 Å². The lowest BCUT2D eigenvalue weighted by molar-refractivity contribution is -0.153. The van der Waals surface area contributed by atoms with Crippen LogP contribution < -0.4 is 0 Å². The molecule has 0 saturated carbocycles. The molecule has 1 atom stereocenters. The summed E-state index contributed by atoms with van der Waals surface area (Å²) in [7, 11) is 0. The summed E-state index contributed by atoms with van der Waals surface area (Å²) in [4.78, 5) is 25.8. The second-order valence-electron chi connectivity index (χ2n) is 5.27. The fourth-order valence-electron chi connectivity index (χ4n) is 2.70. The summed E-state index contributed by atoms with van der Waals surface area (Å²) in [6.45, 7) is 1.17. The van der Waals surface area contributed by atoms with Gasteiger partial charge in [-0.3, -0.25) is 4.79 Å². The third kappa shape index (κ3) is 4.08. The highest BCUT2D eigenvalue weighted by atomic mass is 16.5. The SMILES string of the molecule is O=C1OCCCC=CCCCCC(=O)N2CCCC12. The molecule has 0 bridgehead atoms. The van der Waals surface area contributed by atoms with E-state index in [0.29, 0.717) is 19.6 Å². The number of hydrogen-bond donors (Lipinski definition) is 0. The number of allylic oxidation sites excluding steroid dienone is 2. The molecule has 0 aliphatic carbocycles. The van der Waals surface area contributed by atoms with E-state index >= 15 is 0 Å². The summed E-state index contributed by atoms with van der Waals surface area (Å²) in [6, 6.07) is -0.328. The van der Waals surface area contributed by atoms with Crippen LogP contribution in [0.5, 0.6) is 0 Å². The number of esters is 1. The molecule has 1 saturated heterocycles. The van der Waals surface area contributed by atoms with E-state index in [0.717, 1.165) is 44.9 Å². The fourth-order valence-corrected chi connectivity index (χ4v) is 2.70. The quantitative estimate of drug-likeness (QED) is 0.499. The lowest BCUT2D eigenvalue weighted by Crippen LogP contribution is -2.41. The van der Waals surface area contributed by atoms with Crippen molar-refractivity contribution >= 4 is 11.9 Å². The van der Waals surface area contributed by atoms with Crippen LogP contribution in [0.3, 0.4) is 0 Å². The van der Waals surface area contributed by atoms with Crippen molar-refractivity contribution in [2.75, 3.05) is 13.2 Å². The first-order valence-electron chi connectivity index (χ1n) is 7.40. The summed E-state index contributed by atoms with van der Waals surface area (Å²) < 4.78 is 5.28. The Morgan fingerprint density at radius 3 is 2.68 bits per heavy atom. The molecule has 4 heteroatoms. The van der Waals surface area contributed by atoms with Crippen molar-refractivity contribution in [1.82, 2.24) is 4.90 Å². The van der Waals surface area contributed by atoms with Gasteiger partial charge in [0.25, 0.3) is 0 Å². The lowest BCUT2D eigenvalue weighted by atomic mass is 10.1. The van der Waals surface area contributed by atoms with Crippen LogP contribution in [0.1, 0.15) is 51.4 Å². The largest absolute Gasteiger partial charge is 0.464 e. The minimum Gasteiger partial charge on any atom is -0.464 e. The minimum atomic E-state index is -0.328. The first-order valence-corrected chi connectivity index (χ1v) is 7.40. The average Bonchev–Trinajstić information content (AvgIpc) is 2.89. The molecular weight excluding hydrogens is 242 g/mol. The van der Waals surface area contributed by atoms with Crippen molar-refractivity contribution < 1.29 is 14.3 Å². The van der Waals surface area contributed by atoms with Gasteiger partial charge in [0.05, 0.1) is 6.61 Å². The molecule has 1 unspecified atom stereocenters.